The Bertz CT molecular complexity index is 832. The van der Waals surface area contributed by atoms with Crippen molar-refractivity contribution in [3.8, 4) is 5.75 Å². The molecule has 0 bridgehead atoms. The van der Waals surface area contributed by atoms with Crippen molar-refractivity contribution in [2.45, 2.75) is 33.3 Å². The summed E-state index contributed by atoms with van der Waals surface area (Å²) in [6, 6.07) is 8.95. The van der Waals surface area contributed by atoms with E-state index >= 15 is 0 Å². The molecular weight excluding hydrogens is 368 g/mol. The highest BCUT2D eigenvalue weighted by Crippen LogP contribution is 2.33. The summed E-state index contributed by atoms with van der Waals surface area (Å²) in [6.45, 7) is 5.29. The molecule has 0 spiro atoms. The number of anilines is 1. The molecule has 0 saturated heterocycles. The van der Waals surface area contributed by atoms with Gasteiger partial charge in [0, 0.05) is 0 Å². The van der Waals surface area contributed by atoms with E-state index in [2.05, 4.69) is 5.32 Å². The highest BCUT2D eigenvalue weighted by molar-refractivity contribution is 7.18. The van der Waals surface area contributed by atoms with Crippen LogP contribution in [0.2, 0.25) is 0 Å². The first-order valence-electron chi connectivity index (χ1n) is 8.51. The Morgan fingerprint density at radius 2 is 1.85 bits per heavy atom. The van der Waals surface area contributed by atoms with E-state index in [1.807, 2.05) is 13.0 Å². The van der Waals surface area contributed by atoms with Gasteiger partial charge in [-0.2, -0.15) is 0 Å². The Morgan fingerprint density at radius 1 is 1.19 bits per heavy atom. The van der Waals surface area contributed by atoms with Gasteiger partial charge in [0.1, 0.15) is 15.6 Å². The van der Waals surface area contributed by atoms with Gasteiger partial charge in [-0.1, -0.05) is 25.1 Å². The van der Waals surface area contributed by atoms with Crippen molar-refractivity contribution in [3.05, 3.63) is 46.3 Å². The van der Waals surface area contributed by atoms with Crippen molar-refractivity contribution in [2.24, 2.45) is 5.73 Å². The highest BCUT2D eigenvalue weighted by Gasteiger charge is 2.27. The first-order valence-corrected chi connectivity index (χ1v) is 9.33. The summed E-state index contributed by atoms with van der Waals surface area (Å²) >= 11 is 0.962. The Hall–Kier alpha value is -2.87. The van der Waals surface area contributed by atoms with Crippen molar-refractivity contribution >= 4 is 34.1 Å². The van der Waals surface area contributed by atoms with Crippen molar-refractivity contribution in [2.75, 3.05) is 11.9 Å². The first kappa shape index (κ1) is 20.4. The number of para-hydroxylation sites is 1. The van der Waals surface area contributed by atoms with Crippen LogP contribution in [0.1, 0.15) is 45.9 Å². The van der Waals surface area contributed by atoms with Crippen LogP contribution in [0.25, 0.3) is 0 Å². The van der Waals surface area contributed by atoms with Crippen LogP contribution in [0.4, 0.5) is 5.00 Å². The molecule has 1 atom stereocenters. The average Bonchev–Trinajstić information content (AvgIpc) is 2.96. The zero-order valence-electron chi connectivity index (χ0n) is 15.4. The van der Waals surface area contributed by atoms with Crippen LogP contribution in [0, 0.1) is 6.92 Å². The molecule has 1 aromatic heterocycles. The molecule has 27 heavy (non-hydrogen) atoms. The fraction of sp³-hybridized carbons (Fsp3) is 0.316. The Kier molecular flexibility index (Phi) is 6.95. The van der Waals surface area contributed by atoms with Crippen molar-refractivity contribution in [3.63, 3.8) is 0 Å². The van der Waals surface area contributed by atoms with Crippen LogP contribution >= 0.6 is 11.3 Å². The number of carbonyl (C=O) groups excluding carboxylic acids is 3. The third-order valence-corrected chi connectivity index (χ3v) is 4.96. The molecule has 0 aliphatic carbocycles. The molecular formula is C19H22N2O5S. The fourth-order valence-corrected chi connectivity index (χ4v) is 3.58. The number of thiophene rings is 1. The lowest BCUT2D eigenvalue weighted by atomic mass is 10.1. The number of carbonyl (C=O) groups is 3. The second-order valence-corrected chi connectivity index (χ2v) is 6.68. The maximum absolute atomic E-state index is 12.6. The lowest BCUT2D eigenvalue weighted by molar-refractivity contribution is -0.122. The van der Waals surface area contributed by atoms with E-state index in [1.54, 1.807) is 38.1 Å². The lowest BCUT2D eigenvalue weighted by Gasteiger charge is -2.17. The summed E-state index contributed by atoms with van der Waals surface area (Å²) in [5.74, 6) is -1.16. The second kappa shape index (κ2) is 9.18. The molecule has 3 N–H and O–H groups in total. The molecule has 0 unspecified atom stereocenters. The number of nitrogens with one attached hydrogen (secondary N) is 1. The number of primary amides is 1. The maximum atomic E-state index is 12.6. The lowest BCUT2D eigenvalue weighted by Crippen LogP contribution is -2.32. The first-order chi connectivity index (χ1) is 12.9. The molecule has 0 radical (unpaired) electrons. The second-order valence-electron chi connectivity index (χ2n) is 5.66. The summed E-state index contributed by atoms with van der Waals surface area (Å²) in [7, 11) is 0. The Balaban J connectivity index is 2.26. The van der Waals surface area contributed by atoms with Crippen molar-refractivity contribution < 1.29 is 23.9 Å². The van der Waals surface area contributed by atoms with E-state index < -0.39 is 23.9 Å². The smallest absolute Gasteiger partial charge is 0.348 e. The molecule has 0 aliphatic heterocycles. The number of ether oxygens (including phenoxy) is 2. The van der Waals surface area contributed by atoms with E-state index in [4.69, 9.17) is 15.2 Å². The van der Waals surface area contributed by atoms with Crippen LogP contribution in [-0.2, 0) is 9.53 Å². The SMILES string of the molecule is CCOC(=O)c1sc(NC(=O)[C@H](CC)Oc2ccccc2)c(C(N)=O)c1C. The topological polar surface area (TPSA) is 108 Å². The normalized spacial score (nSPS) is 11.5. The number of hydrogen-bond donors (Lipinski definition) is 2. The van der Waals surface area contributed by atoms with E-state index in [1.165, 1.54) is 0 Å². The largest absolute Gasteiger partial charge is 0.481 e. The minimum atomic E-state index is -0.762. The van der Waals surface area contributed by atoms with Gasteiger partial charge in [-0.3, -0.25) is 9.59 Å². The number of esters is 1. The number of benzene rings is 1. The third-order valence-electron chi connectivity index (χ3n) is 3.78. The van der Waals surface area contributed by atoms with Crippen LogP contribution in [0.3, 0.4) is 0 Å². The maximum Gasteiger partial charge on any atom is 0.348 e. The Morgan fingerprint density at radius 3 is 2.41 bits per heavy atom. The summed E-state index contributed by atoms with van der Waals surface area (Å²) in [6.07, 6.45) is -0.344. The van der Waals surface area contributed by atoms with Crippen molar-refractivity contribution in [1.29, 1.82) is 0 Å². The van der Waals surface area contributed by atoms with Gasteiger partial charge in [-0.15, -0.1) is 11.3 Å². The van der Waals surface area contributed by atoms with Crippen LogP contribution in [-0.4, -0.2) is 30.5 Å². The molecule has 2 aromatic rings. The van der Waals surface area contributed by atoms with E-state index in [-0.39, 0.29) is 22.0 Å². The number of nitrogens with two attached hydrogens (primary N) is 1. The van der Waals surface area contributed by atoms with Gasteiger partial charge in [-0.25, -0.2) is 4.79 Å². The molecule has 0 aliphatic rings. The quantitative estimate of drug-likeness (QED) is 0.673. The molecule has 144 valence electrons. The molecule has 2 amide bonds. The number of rotatable bonds is 8. The standard InChI is InChI=1S/C19H22N2O5S/c1-4-13(26-12-9-7-6-8-10-12)17(23)21-18-14(16(20)22)11(3)15(27-18)19(24)25-5-2/h6-10,13H,4-5H2,1-3H3,(H2,20,22)(H,21,23)/t13-/m0/s1. The van der Waals surface area contributed by atoms with E-state index in [0.29, 0.717) is 17.7 Å². The van der Waals surface area contributed by atoms with Gasteiger partial charge in [0.05, 0.1) is 12.2 Å². The monoisotopic (exact) mass is 390 g/mol. The zero-order valence-corrected chi connectivity index (χ0v) is 16.2. The fourth-order valence-electron chi connectivity index (χ4n) is 2.47. The average molecular weight is 390 g/mol. The minimum Gasteiger partial charge on any atom is -0.481 e. The molecule has 0 saturated carbocycles. The number of amides is 2. The minimum absolute atomic E-state index is 0.103. The number of hydrogen-bond acceptors (Lipinski definition) is 6. The van der Waals surface area contributed by atoms with Crippen LogP contribution < -0.4 is 15.8 Å². The molecule has 7 nitrogen and oxygen atoms in total. The predicted molar refractivity (Wildman–Crippen MR) is 103 cm³/mol. The van der Waals surface area contributed by atoms with Crippen molar-refractivity contribution in [1.82, 2.24) is 0 Å². The van der Waals surface area contributed by atoms with Gasteiger partial charge >= 0.3 is 5.97 Å². The highest BCUT2D eigenvalue weighted by atomic mass is 32.1. The summed E-state index contributed by atoms with van der Waals surface area (Å²) in [5, 5.41) is 2.88. The summed E-state index contributed by atoms with van der Waals surface area (Å²) in [4.78, 5) is 36.8. The molecule has 2 rings (SSSR count). The molecule has 1 aromatic carbocycles. The van der Waals surface area contributed by atoms with Crippen LogP contribution in [0.15, 0.2) is 30.3 Å². The Labute approximate surface area is 161 Å². The molecule has 0 fully saturated rings. The van der Waals surface area contributed by atoms with Gasteiger partial charge in [0.15, 0.2) is 6.10 Å². The predicted octanol–water partition coefficient (Wildman–Crippen LogP) is 3.13. The summed E-state index contributed by atoms with van der Waals surface area (Å²) in [5.41, 5.74) is 5.93. The van der Waals surface area contributed by atoms with Gasteiger partial charge in [0.25, 0.3) is 11.8 Å². The van der Waals surface area contributed by atoms with E-state index in [9.17, 15) is 14.4 Å². The van der Waals surface area contributed by atoms with Gasteiger partial charge in [0.2, 0.25) is 0 Å². The van der Waals surface area contributed by atoms with Gasteiger partial charge < -0.3 is 20.5 Å². The third kappa shape index (κ3) is 4.85. The van der Waals surface area contributed by atoms with E-state index in [0.717, 1.165) is 11.3 Å². The molecule has 8 heteroatoms. The summed E-state index contributed by atoms with van der Waals surface area (Å²) < 4.78 is 10.7. The van der Waals surface area contributed by atoms with Gasteiger partial charge in [-0.05, 0) is 38.0 Å². The van der Waals surface area contributed by atoms with Crippen LogP contribution in [0.5, 0.6) is 5.75 Å². The zero-order chi connectivity index (χ0) is 20.0. The molecule has 1 heterocycles.